The first-order valence-corrected chi connectivity index (χ1v) is 5.39. The molecule has 0 fully saturated rings. The van der Waals surface area contributed by atoms with Crippen LogP contribution in [0.15, 0.2) is 24.3 Å². The van der Waals surface area contributed by atoms with E-state index in [0.29, 0.717) is 11.8 Å². The summed E-state index contributed by atoms with van der Waals surface area (Å²) < 4.78 is 0. The Morgan fingerprint density at radius 3 is 1.50 bits per heavy atom. The summed E-state index contributed by atoms with van der Waals surface area (Å²) in [6.45, 7) is 9.21. The molecule has 0 N–H and O–H groups in total. The van der Waals surface area contributed by atoms with Crippen molar-refractivity contribution in [2.24, 2.45) is 11.8 Å². The molecule has 74 valence electrons. The van der Waals surface area contributed by atoms with Crippen LogP contribution in [-0.4, -0.2) is 0 Å². The Bertz CT molecular complexity index is 420. The Kier molecular flexibility index (Phi) is 2.22. The van der Waals surface area contributed by atoms with Gasteiger partial charge in [0.15, 0.2) is 0 Å². The molecule has 0 saturated heterocycles. The van der Waals surface area contributed by atoms with Gasteiger partial charge < -0.3 is 0 Å². The summed E-state index contributed by atoms with van der Waals surface area (Å²) in [4.78, 5) is 0. The van der Waals surface area contributed by atoms with Crippen LogP contribution in [0.5, 0.6) is 0 Å². The van der Waals surface area contributed by atoms with E-state index in [1.165, 1.54) is 10.4 Å². The minimum Gasteiger partial charge on any atom is -0.0621 e. The van der Waals surface area contributed by atoms with E-state index >= 15 is 0 Å². The maximum absolute atomic E-state index is 2.33. The fourth-order valence-electron chi connectivity index (χ4n) is 2.41. The lowest BCUT2D eigenvalue weighted by Crippen LogP contribution is -2.36. The first-order chi connectivity index (χ1) is 6.63. The molecule has 0 amide bonds. The number of benzene rings is 1. The molecule has 1 aromatic carbocycles. The van der Waals surface area contributed by atoms with E-state index in [2.05, 4.69) is 52.0 Å². The maximum Gasteiger partial charge on any atom is -0.0162 e. The van der Waals surface area contributed by atoms with Crippen LogP contribution in [-0.2, 0) is 0 Å². The van der Waals surface area contributed by atoms with E-state index in [4.69, 9.17) is 0 Å². The van der Waals surface area contributed by atoms with Gasteiger partial charge >= 0.3 is 0 Å². The van der Waals surface area contributed by atoms with Gasteiger partial charge in [-0.25, -0.2) is 0 Å². The summed E-state index contributed by atoms with van der Waals surface area (Å²) in [6, 6.07) is 8.77. The van der Waals surface area contributed by atoms with Crippen LogP contribution in [0.2, 0.25) is 0 Å². The minimum atomic E-state index is 0.685. The van der Waals surface area contributed by atoms with Gasteiger partial charge in [0.2, 0.25) is 0 Å². The molecule has 0 nitrogen and oxygen atoms in total. The SMILES string of the molecule is CC1=c2ccccc2=C(C)C(C)C1C. The topological polar surface area (TPSA) is 0 Å². The molecule has 0 aliphatic heterocycles. The van der Waals surface area contributed by atoms with Gasteiger partial charge in [-0.3, -0.25) is 0 Å². The van der Waals surface area contributed by atoms with Crippen LogP contribution in [0, 0.1) is 11.8 Å². The third-order valence-corrected chi connectivity index (χ3v) is 3.89. The highest BCUT2D eigenvalue weighted by Gasteiger charge is 2.20. The van der Waals surface area contributed by atoms with Crippen molar-refractivity contribution in [2.45, 2.75) is 27.7 Å². The van der Waals surface area contributed by atoms with E-state index in [-0.39, 0.29) is 0 Å². The van der Waals surface area contributed by atoms with Crippen molar-refractivity contribution in [1.82, 2.24) is 0 Å². The molecule has 0 heterocycles. The Hall–Kier alpha value is -1.04. The van der Waals surface area contributed by atoms with E-state index in [1.807, 2.05) is 0 Å². The van der Waals surface area contributed by atoms with Gasteiger partial charge in [-0.2, -0.15) is 0 Å². The fourth-order valence-corrected chi connectivity index (χ4v) is 2.41. The molecule has 0 radical (unpaired) electrons. The zero-order valence-corrected chi connectivity index (χ0v) is 9.46. The average molecular weight is 186 g/mol. The summed E-state index contributed by atoms with van der Waals surface area (Å²) in [7, 11) is 0. The highest BCUT2D eigenvalue weighted by atomic mass is 14.2. The summed E-state index contributed by atoms with van der Waals surface area (Å²) in [5, 5.41) is 2.91. The van der Waals surface area contributed by atoms with Crippen molar-refractivity contribution >= 4 is 11.1 Å². The largest absolute Gasteiger partial charge is 0.0621 e. The molecule has 1 aromatic rings. The van der Waals surface area contributed by atoms with Crippen LogP contribution in [0.25, 0.3) is 11.1 Å². The lowest BCUT2D eigenvalue weighted by Gasteiger charge is -2.26. The van der Waals surface area contributed by atoms with Crippen LogP contribution in [0.3, 0.4) is 0 Å². The van der Waals surface area contributed by atoms with Crippen molar-refractivity contribution in [2.75, 3.05) is 0 Å². The average Bonchev–Trinajstić information content (AvgIpc) is 2.23. The molecule has 2 unspecified atom stereocenters. The molecule has 0 saturated carbocycles. The van der Waals surface area contributed by atoms with Gasteiger partial charge in [-0.05, 0) is 36.1 Å². The zero-order valence-electron chi connectivity index (χ0n) is 9.46. The molecule has 14 heavy (non-hydrogen) atoms. The summed E-state index contributed by atoms with van der Waals surface area (Å²) in [6.07, 6.45) is 0. The van der Waals surface area contributed by atoms with Crippen LogP contribution in [0.1, 0.15) is 27.7 Å². The molecule has 0 spiro atoms. The molecule has 1 aliphatic rings. The molecule has 0 bridgehead atoms. The zero-order chi connectivity index (χ0) is 10.3. The highest BCUT2D eigenvalue weighted by molar-refractivity contribution is 5.59. The summed E-state index contributed by atoms with van der Waals surface area (Å²) in [5.74, 6) is 1.37. The lowest BCUT2D eigenvalue weighted by atomic mass is 9.79. The maximum atomic E-state index is 2.33. The van der Waals surface area contributed by atoms with Gasteiger partial charge in [-0.1, -0.05) is 49.3 Å². The number of hydrogen-bond acceptors (Lipinski definition) is 0. The Morgan fingerprint density at radius 2 is 1.14 bits per heavy atom. The lowest BCUT2D eigenvalue weighted by molar-refractivity contribution is 0.570. The van der Waals surface area contributed by atoms with Gasteiger partial charge in [-0.15, -0.1) is 0 Å². The van der Waals surface area contributed by atoms with Crippen molar-refractivity contribution in [3.63, 3.8) is 0 Å². The number of fused-ring (bicyclic) bond motifs is 1. The first-order valence-electron chi connectivity index (χ1n) is 5.39. The predicted octanol–water partition coefficient (Wildman–Crippen LogP) is 2.31. The number of hydrogen-bond donors (Lipinski definition) is 0. The molecular formula is C14H18. The van der Waals surface area contributed by atoms with Crippen molar-refractivity contribution in [3.8, 4) is 0 Å². The summed E-state index contributed by atoms with van der Waals surface area (Å²) >= 11 is 0. The van der Waals surface area contributed by atoms with E-state index in [1.54, 1.807) is 11.1 Å². The number of rotatable bonds is 0. The molecule has 0 aromatic heterocycles. The van der Waals surface area contributed by atoms with Crippen molar-refractivity contribution in [1.29, 1.82) is 0 Å². The highest BCUT2D eigenvalue weighted by Crippen LogP contribution is 2.27. The minimum absolute atomic E-state index is 0.685. The van der Waals surface area contributed by atoms with Crippen LogP contribution >= 0.6 is 0 Å². The second-order valence-corrected chi connectivity index (χ2v) is 4.49. The normalized spacial score (nSPS) is 26.3. The second-order valence-electron chi connectivity index (χ2n) is 4.49. The quantitative estimate of drug-likeness (QED) is 0.583. The van der Waals surface area contributed by atoms with Gasteiger partial charge in [0.25, 0.3) is 0 Å². The molecule has 2 atom stereocenters. The Labute approximate surface area is 86.0 Å². The summed E-state index contributed by atoms with van der Waals surface area (Å²) in [5.41, 5.74) is 3.08. The first kappa shape index (κ1) is 9.51. The third kappa shape index (κ3) is 1.21. The van der Waals surface area contributed by atoms with E-state index < -0.39 is 0 Å². The molecular weight excluding hydrogens is 168 g/mol. The van der Waals surface area contributed by atoms with Crippen molar-refractivity contribution in [3.05, 3.63) is 34.7 Å². The van der Waals surface area contributed by atoms with Crippen LogP contribution in [0.4, 0.5) is 0 Å². The van der Waals surface area contributed by atoms with Gasteiger partial charge in [0, 0.05) is 0 Å². The monoisotopic (exact) mass is 186 g/mol. The van der Waals surface area contributed by atoms with Gasteiger partial charge in [0.1, 0.15) is 0 Å². The Morgan fingerprint density at radius 1 is 0.786 bits per heavy atom. The smallest absolute Gasteiger partial charge is 0.0162 e. The second kappa shape index (κ2) is 3.27. The molecule has 0 heteroatoms. The van der Waals surface area contributed by atoms with Crippen LogP contribution < -0.4 is 10.4 Å². The predicted molar refractivity (Wildman–Crippen MR) is 62.2 cm³/mol. The van der Waals surface area contributed by atoms with E-state index in [9.17, 15) is 0 Å². The molecule has 2 rings (SSSR count). The standard InChI is InChI=1S/C14H18/c1-9-10(2)12(4)14-8-6-5-7-13(14)11(9)3/h5-10H,1-4H3. The van der Waals surface area contributed by atoms with E-state index in [0.717, 1.165) is 0 Å². The van der Waals surface area contributed by atoms with Gasteiger partial charge in [0.05, 0.1) is 0 Å². The molecule has 1 aliphatic carbocycles. The van der Waals surface area contributed by atoms with Crippen molar-refractivity contribution < 1.29 is 0 Å². The Balaban J connectivity index is 2.91. The third-order valence-electron chi connectivity index (χ3n) is 3.89. The fraction of sp³-hybridized carbons (Fsp3) is 0.429.